The molecule has 1 atom stereocenters. The summed E-state index contributed by atoms with van der Waals surface area (Å²) in [5, 5.41) is 7.62. The van der Waals surface area contributed by atoms with Crippen molar-refractivity contribution in [3.63, 3.8) is 0 Å². The third-order valence-electron chi connectivity index (χ3n) is 4.38. The molecule has 7 nitrogen and oxygen atoms in total. The van der Waals surface area contributed by atoms with Crippen LogP contribution in [0.5, 0.6) is 11.5 Å². The number of imide groups is 1. The van der Waals surface area contributed by atoms with Crippen LogP contribution in [0.2, 0.25) is 0 Å². The molecule has 1 heterocycles. The van der Waals surface area contributed by atoms with E-state index in [9.17, 15) is 9.59 Å². The maximum Gasteiger partial charge on any atom is 0.346 e. The Hall–Kier alpha value is -3.61. The molecule has 0 unspecified atom stereocenters. The average Bonchev–Trinajstić information content (AvgIpc) is 2.94. The van der Waals surface area contributed by atoms with Gasteiger partial charge in [0.2, 0.25) is 0 Å². The molecule has 0 radical (unpaired) electrons. The summed E-state index contributed by atoms with van der Waals surface area (Å²) in [7, 11) is 1.56. The Morgan fingerprint density at radius 2 is 1.93 bits per heavy atom. The van der Waals surface area contributed by atoms with Crippen molar-refractivity contribution in [2.75, 3.05) is 13.7 Å². The lowest BCUT2D eigenvalue weighted by atomic mass is 9.92. The maximum atomic E-state index is 12.9. The number of hydrogen-bond acceptors (Lipinski definition) is 5. The van der Waals surface area contributed by atoms with E-state index in [1.165, 1.54) is 6.21 Å². The summed E-state index contributed by atoms with van der Waals surface area (Å²) in [5.41, 5.74) is 0.139. The smallest absolute Gasteiger partial charge is 0.346 e. The van der Waals surface area contributed by atoms with E-state index < -0.39 is 17.5 Å². The molecule has 1 N–H and O–H groups in total. The summed E-state index contributed by atoms with van der Waals surface area (Å²) in [4.78, 5) is 25.2. The fourth-order valence-electron chi connectivity index (χ4n) is 2.81. The van der Waals surface area contributed by atoms with E-state index in [0.717, 1.165) is 5.01 Å². The first-order chi connectivity index (χ1) is 13.5. The Labute approximate surface area is 163 Å². The van der Waals surface area contributed by atoms with Crippen LogP contribution in [0.1, 0.15) is 18.1 Å². The highest BCUT2D eigenvalue weighted by atomic mass is 16.5. The van der Waals surface area contributed by atoms with Gasteiger partial charge in [-0.15, -0.1) is 5.01 Å². The molecule has 1 fully saturated rings. The Balaban J connectivity index is 1.79. The van der Waals surface area contributed by atoms with E-state index in [-0.39, 0.29) is 0 Å². The lowest BCUT2D eigenvalue weighted by Gasteiger charge is -2.21. The number of nitrogens with one attached hydrogen (secondary N) is 1. The average molecular weight is 379 g/mol. The fourth-order valence-corrected chi connectivity index (χ4v) is 2.81. The van der Waals surface area contributed by atoms with Gasteiger partial charge in [-0.3, -0.25) is 4.79 Å². The molecule has 1 saturated heterocycles. The van der Waals surface area contributed by atoms with Crippen molar-refractivity contribution in [2.24, 2.45) is 5.10 Å². The predicted molar refractivity (Wildman–Crippen MR) is 105 cm³/mol. The van der Waals surface area contributed by atoms with Gasteiger partial charge in [0, 0.05) is 0 Å². The largest absolute Gasteiger partial charge is 0.497 e. The molecule has 7 heteroatoms. The maximum absolute atomic E-state index is 12.9. The highest BCUT2D eigenvalue weighted by Gasteiger charge is 2.49. The first kappa shape index (κ1) is 19.2. The number of hydrazone groups is 1. The van der Waals surface area contributed by atoms with Crippen molar-refractivity contribution in [1.82, 2.24) is 10.3 Å². The molecule has 0 bridgehead atoms. The summed E-state index contributed by atoms with van der Waals surface area (Å²) >= 11 is 0. The molecule has 0 aliphatic carbocycles. The van der Waals surface area contributed by atoms with Crippen molar-refractivity contribution >= 4 is 18.2 Å². The summed E-state index contributed by atoms with van der Waals surface area (Å²) in [6, 6.07) is 13.5. The molecule has 0 spiro atoms. The molecule has 1 aliphatic rings. The molecule has 0 saturated carbocycles. The summed E-state index contributed by atoms with van der Waals surface area (Å²) in [5.74, 6) is 0.847. The van der Waals surface area contributed by atoms with Gasteiger partial charge in [0.15, 0.2) is 0 Å². The number of hydrogen-bond donors (Lipinski definition) is 1. The number of amides is 3. The SMILES string of the molecule is C=CCOc1cccc(/C=N\N2C(=O)N[C@@](C)(c3ccc(OC)cc3)C2=O)c1. The van der Waals surface area contributed by atoms with Gasteiger partial charge in [0.05, 0.1) is 13.3 Å². The topological polar surface area (TPSA) is 80.2 Å². The van der Waals surface area contributed by atoms with E-state index in [1.807, 2.05) is 0 Å². The molecular formula is C21H21N3O4. The van der Waals surface area contributed by atoms with Crippen LogP contribution in [0.4, 0.5) is 4.79 Å². The number of urea groups is 1. The van der Waals surface area contributed by atoms with Gasteiger partial charge in [0.1, 0.15) is 23.6 Å². The normalized spacial score (nSPS) is 19.0. The second-order valence-electron chi connectivity index (χ2n) is 6.32. The Morgan fingerprint density at radius 3 is 2.61 bits per heavy atom. The minimum Gasteiger partial charge on any atom is -0.497 e. The first-order valence-electron chi connectivity index (χ1n) is 8.67. The van der Waals surface area contributed by atoms with Crippen molar-refractivity contribution in [3.8, 4) is 11.5 Å². The van der Waals surface area contributed by atoms with Crippen LogP contribution in [0.3, 0.4) is 0 Å². The molecule has 0 aromatic heterocycles. The van der Waals surface area contributed by atoms with E-state index in [0.29, 0.717) is 29.2 Å². The van der Waals surface area contributed by atoms with Crippen molar-refractivity contribution in [2.45, 2.75) is 12.5 Å². The van der Waals surface area contributed by atoms with Crippen LogP contribution in [-0.4, -0.2) is 36.9 Å². The van der Waals surface area contributed by atoms with Crippen molar-refractivity contribution in [3.05, 3.63) is 72.3 Å². The highest BCUT2D eigenvalue weighted by molar-refractivity contribution is 6.07. The minimum absolute atomic E-state index is 0.383. The van der Waals surface area contributed by atoms with Crippen LogP contribution in [0.25, 0.3) is 0 Å². The van der Waals surface area contributed by atoms with Crippen LogP contribution < -0.4 is 14.8 Å². The number of rotatable bonds is 7. The van der Waals surface area contributed by atoms with Crippen LogP contribution in [0, 0.1) is 0 Å². The third kappa shape index (κ3) is 3.73. The standard InChI is InChI=1S/C21H21N3O4/c1-4-12-28-18-7-5-6-15(13-18)14-22-24-19(25)21(2,23-20(24)26)16-8-10-17(27-3)11-9-16/h4-11,13-14H,1,12H2,2-3H3,(H,23,26)/b22-14-/t21-/m0/s1. The zero-order chi connectivity index (χ0) is 20.1. The Kier molecular flexibility index (Phi) is 5.44. The lowest BCUT2D eigenvalue weighted by molar-refractivity contribution is -0.131. The first-order valence-corrected chi connectivity index (χ1v) is 8.67. The molecule has 28 heavy (non-hydrogen) atoms. The zero-order valence-electron chi connectivity index (χ0n) is 15.7. The Bertz CT molecular complexity index is 924. The summed E-state index contributed by atoms with van der Waals surface area (Å²) in [6.07, 6.45) is 3.09. The zero-order valence-corrected chi connectivity index (χ0v) is 15.7. The van der Waals surface area contributed by atoms with Crippen molar-refractivity contribution < 1.29 is 19.1 Å². The van der Waals surface area contributed by atoms with Crippen LogP contribution in [0.15, 0.2) is 66.3 Å². The van der Waals surface area contributed by atoms with E-state index in [2.05, 4.69) is 17.0 Å². The predicted octanol–water partition coefficient (Wildman–Crippen LogP) is 3.06. The molecular weight excluding hydrogens is 358 g/mol. The van der Waals surface area contributed by atoms with Gasteiger partial charge in [-0.05, 0) is 42.3 Å². The van der Waals surface area contributed by atoms with E-state index >= 15 is 0 Å². The van der Waals surface area contributed by atoms with Gasteiger partial charge < -0.3 is 14.8 Å². The lowest BCUT2D eigenvalue weighted by Crippen LogP contribution is -2.40. The summed E-state index contributed by atoms with van der Waals surface area (Å²) in [6.45, 7) is 5.63. The molecule has 2 aromatic carbocycles. The molecule has 3 rings (SSSR count). The molecule has 3 amide bonds. The quantitative estimate of drug-likeness (QED) is 0.455. The number of carbonyl (C=O) groups excluding carboxylic acids is 2. The monoisotopic (exact) mass is 379 g/mol. The second-order valence-corrected chi connectivity index (χ2v) is 6.32. The Morgan fingerprint density at radius 1 is 1.18 bits per heavy atom. The number of nitrogens with zero attached hydrogens (tertiary/aromatic N) is 2. The molecule has 2 aromatic rings. The third-order valence-corrected chi connectivity index (χ3v) is 4.38. The van der Waals surface area contributed by atoms with E-state index in [1.54, 1.807) is 68.6 Å². The second kappa shape index (κ2) is 7.96. The van der Waals surface area contributed by atoms with Crippen molar-refractivity contribution in [1.29, 1.82) is 0 Å². The van der Waals surface area contributed by atoms with Gasteiger partial charge >= 0.3 is 6.03 Å². The fraction of sp³-hybridized carbons (Fsp3) is 0.190. The van der Waals surface area contributed by atoms with E-state index in [4.69, 9.17) is 9.47 Å². The number of ether oxygens (including phenoxy) is 2. The van der Waals surface area contributed by atoms with Crippen LogP contribution in [-0.2, 0) is 10.3 Å². The van der Waals surface area contributed by atoms with Gasteiger partial charge in [-0.2, -0.15) is 5.10 Å². The molecule has 1 aliphatic heterocycles. The molecule has 144 valence electrons. The number of benzene rings is 2. The highest BCUT2D eigenvalue weighted by Crippen LogP contribution is 2.30. The number of carbonyl (C=O) groups is 2. The number of methoxy groups -OCH3 is 1. The minimum atomic E-state index is -1.20. The summed E-state index contributed by atoms with van der Waals surface area (Å²) < 4.78 is 10.6. The van der Waals surface area contributed by atoms with Gasteiger partial charge in [-0.25, -0.2) is 4.79 Å². The van der Waals surface area contributed by atoms with Gasteiger partial charge in [0.25, 0.3) is 5.91 Å². The van der Waals surface area contributed by atoms with Crippen LogP contribution >= 0.6 is 0 Å². The van der Waals surface area contributed by atoms with Gasteiger partial charge in [-0.1, -0.05) is 36.9 Å².